The van der Waals surface area contributed by atoms with Gasteiger partial charge in [0.05, 0.1) is 37.8 Å². The fraction of sp³-hybridized carbons (Fsp3) is 0.432. The maximum atomic E-state index is 6.75. The van der Waals surface area contributed by atoms with Crippen molar-refractivity contribution in [1.82, 2.24) is 0 Å². The van der Waals surface area contributed by atoms with Crippen molar-refractivity contribution in [3.05, 3.63) is 158 Å². The molecule has 7 rings (SSSR count). The topological polar surface area (TPSA) is 104 Å². The standard InChI is InChI=1S/C74H98N4O6/c1-5-9-13-17-21-25-55-79-63-43-35-59(36-44-63)75-69-31-29-33-71(73(69)77-61-39-47-65(48-40-61)81-57-27-23-19-15-11-7-3)83-67-51-53-68(54-52-67)84-72-34-30-32-70(76-60-37-45-64(46-38-60)80-56-26-22-18-14-10-6-2)74(72)78-62-41-49-66(50-42-62)82-58-28-24-20-16-12-8-4/h29-54,75-78H,5-28,55-58H2,1-4H3. The predicted octanol–water partition coefficient (Wildman–Crippen LogP) is 23.2. The average Bonchev–Trinajstić information content (AvgIpc) is 3.34. The summed E-state index contributed by atoms with van der Waals surface area (Å²) in [5.74, 6) is 6.06. The Morgan fingerprint density at radius 1 is 0.238 bits per heavy atom. The summed E-state index contributed by atoms with van der Waals surface area (Å²) >= 11 is 0. The zero-order chi connectivity index (χ0) is 58.5. The Hall–Kier alpha value is -7.46. The second kappa shape index (κ2) is 38.4. The SMILES string of the molecule is CCCCCCCCOc1ccc(Nc2cccc(Oc3ccc(Oc4cccc(Nc5ccc(OCCCCCCCC)cc5)c4Nc4ccc(OCCCCCCCC)cc4)cc3)c2Nc2ccc(OCCCCCCCC)cc2)cc1. The molecule has 10 heteroatoms. The lowest BCUT2D eigenvalue weighted by molar-refractivity contribution is 0.304. The molecular weight excluding hydrogens is 1040 g/mol. The van der Waals surface area contributed by atoms with E-state index in [-0.39, 0.29) is 0 Å². The molecular formula is C74H98N4O6. The number of hydrogen-bond donors (Lipinski definition) is 4. The fourth-order valence-electron chi connectivity index (χ4n) is 9.96. The fourth-order valence-corrected chi connectivity index (χ4v) is 9.96. The van der Waals surface area contributed by atoms with Gasteiger partial charge in [-0.05, 0) is 171 Å². The molecule has 0 aromatic heterocycles. The predicted molar refractivity (Wildman–Crippen MR) is 354 cm³/mol. The molecule has 0 unspecified atom stereocenters. The number of ether oxygens (including phenoxy) is 6. The average molecular weight is 1140 g/mol. The quantitative estimate of drug-likeness (QED) is 0.0276. The molecule has 7 aromatic rings. The maximum Gasteiger partial charge on any atom is 0.153 e. The lowest BCUT2D eigenvalue weighted by Gasteiger charge is -2.20. The van der Waals surface area contributed by atoms with Gasteiger partial charge in [-0.15, -0.1) is 0 Å². The van der Waals surface area contributed by atoms with Crippen molar-refractivity contribution in [3.8, 4) is 46.0 Å². The first kappa shape index (κ1) is 64.1. The smallest absolute Gasteiger partial charge is 0.153 e. The number of hydrogen-bond acceptors (Lipinski definition) is 10. The largest absolute Gasteiger partial charge is 0.494 e. The molecule has 450 valence electrons. The van der Waals surface area contributed by atoms with Crippen LogP contribution in [0.4, 0.5) is 45.5 Å². The highest BCUT2D eigenvalue weighted by Gasteiger charge is 2.16. The summed E-state index contributed by atoms with van der Waals surface area (Å²) in [6.07, 6.45) is 29.5. The van der Waals surface area contributed by atoms with Gasteiger partial charge < -0.3 is 49.7 Å². The molecule has 0 spiro atoms. The highest BCUT2D eigenvalue weighted by Crippen LogP contribution is 2.42. The van der Waals surface area contributed by atoms with Gasteiger partial charge in [0.1, 0.15) is 45.9 Å². The summed E-state index contributed by atoms with van der Waals surface area (Å²) in [6, 6.07) is 52.5. The van der Waals surface area contributed by atoms with Gasteiger partial charge in [0.15, 0.2) is 11.5 Å². The lowest BCUT2D eigenvalue weighted by Crippen LogP contribution is -2.02. The van der Waals surface area contributed by atoms with E-state index in [1.165, 1.54) is 128 Å². The van der Waals surface area contributed by atoms with E-state index < -0.39 is 0 Å². The van der Waals surface area contributed by atoms with Crippen LogP contribution in [0.2, 0.25) is 0 Å². The van der Waals surface area contributed by atoms with Gasteiger partial charge in [0.2, 0.25) is 0 Å². The molecule has 0 saturated heterocycles. The third-order valence-corrected chi connectivity index (χ3v) is 14.9. The Kier molecular flexibility index (Phi) is 29.3. The van der Waals surface area contributed by atoms with Gasteiger partial charge >= 0.3 is 0 Å². The van der Waals surface area contributed by atoms with Crippen LogP contribution in [0.25, 0.3) is 0 Å². The zero-order valence-electron chi connectivity index (χ0n) is 51.3. The summed E-state index contributed by atoms with van der Waals surface area (Å²) in [5.41, 5.74) is 6.96. The molecule has 7 aromatic carbocycles. The molecule has 4 N–H and O–H groups in total. The van der Waals surface area contributed by atoms with Crippen molar-refractivity contribution in [2.24, 2.45) is 0 Å². The first-order valence-electron chi connectivity index (χ1n) is 32.2. The minimum absolute atomic E-state index is 0.650. The number of anilines is 8. The van der Waals surface area contributed by atoms with Crippen molar-refractivity contribution >= 4 is 45.5 Å². The van der Waals surface area contributed by atoms with Gasteiger partial charge in [-0.2, -0.15) is 0 Å². The van der Waals surface area contributed by atoms with Crippen molar-refractivity contribution in [2.45, 2.75) is 182 Å². The van der Waals surface area contributed by atoms with Crippen LogP contribution in [0.15, 0.2) is 158 Å². The van der Waals surface area contributed by atoms with Crippen molar-refractivity contribution < 1.29 is 28.4 Å². The monoisotopic (exact) mass is 1140 g/mol. The third-order valence-electron chi connectivity index (χ3n) is 14.9. The summed E-state index contributed by atoms with van der Waals surface area (Å²) in [7, 11) is 0. The molecule has 84 heavy (non-hydrogen) atoms. The Bertz CT molecular complexity index is 2650. The molecule has 10 nitrogen and oxygen atoms in total. The maximum absolute atomic E-state index is 6.75. The van der Waals surface area contributed by atoms with Gasteiger partial charge in [0, 0.05) is 22.7 Å². The number of benzene rings is 7. The van der Waals surface area contributed by atoms with E-state index in [2.05, 4.69) is 110 Å². The number of para-hydroxylation sites is 2. The zero-order valence-corrected chi connectivity index (χ0v) is 51.3. The second-order valence-electron chi connectivity index (χ2n) is 22.1. The molecule has 0 bridgehead atoms. The molecule has 0 aliphatic carbocycles. The molecule has 0 aliphatic rings. The normalized spacial score (nSPS) is 11.0. The van der Waals surface area contributed by atoms with Crippen LogP contribution in [-0.2, 0) is 0 Å². The summed E-state index contributed by atoms with van der Waals surface area (Å²) < 4.78 is 38.0. The summed E-state index contributed by atoms with van der Waals surface area (Å²) in [6.45, 7) is 11.9. The molecule has 0 fully saturated rings. The van der Waals surface area contributed by atoms with Crippen molar-refractivity contribution in [3.63, 3.8) is 0 Å². The molecule has 0 saturated carbocycles. The molecule has 0 aliphatic heterocycles. The molecule has 0 atom stereocenters. The van der Waals surface area contributed by atoms with E-state index in [9.17, 15) is 0 Å². The van der Waals surface area contributed by atoms with Crippen molar-refractivity contribution in [2.75, 3.05) is 47.7 Å². The molecule has 0 amide bonds. The third kappa shape index (κ3) is 23.7. The summed E-state index contributed by atoms with van der Waals surface area (Å²) in [4.78, 5) is 0. The van der Waals surface area contributed by atoms with Crippen LogP contribution < -0.4 is 49.7 Å². The van der Waals surface area contributed by atoms with E-state index >= 15 is 0 Å². The highest BCUT2D eigenvalue weighted by molar-refractivity contribution is 5.85. The minimum Gasteiger partial charge on any atom is -0.494 e. The lowest BCUT2D eigenvalue weighted by atomic mass is 10.1. The van der Waals surface area contributed by atoms with Crippen LogP contribution in [-0.4, -0.2) is 26.4 Å². The van der Waals surface area contributed by atoms with E-state index in [1.807, 2.05) is 97.1 Å². The second-order valence-corrected chi connectivity index (χ2v) is 22.1. The number of nitrogens with one attached hydrogen (secondary N) is 4. The van der Waals surface area contributed by atoms with E-state index in [0.29, 0.717) is 36.2 Å². The minimum atomic E-state index is 0.650. The van der Waals surface area contributed by atoms with Crippen molar-refractivity contribution in [1.29, 1.82) is 0 Å². The van der Waals surface area contributed by atoms with E-state index in [0.717, 1.165) is 107 Å². The Morgan fingerprint density at radius 2 is 0.476 bits per heavy atom. The number of rotatable bonds is 44. The Labute approximate surface area is 504 Å². The number of unbranched alkanes of at least 4 members (excludes halogenated alkanes) is 20. The Balaban J connectivity index is 1.06. The van der Waals surface area contributed by atoms with Crippen LogP contribution in [0.1, 0.15) is 182 Å². The van der Waals surface area contributed by atoms with Gasteiger partial charge in [-0.1, -0.05) is 168 Å². The van der Waals surface area contributed by atoms with Gasteiger partial charge in [-0.25, -0.2) is 0 Å². The first-order valence-corrected chi connectivity index (χ1v) is 32.2. The van der Waals surface area contributed by atoms with Crippen LogP contribution in [0.3, 0.4) is 0 Å². The van der Waals surface area contributed by atoms with Gasteiger partial charge in [0.25, 0.3) is 0 Å². The Morgan fingerprint density at radius 3 is 0.750 bits per heavy atom. The first-order chi connectivity index (χ1) is 41.5. The van der Waals surface area contributed by atoms with Crippen LogP contribution in [0.5, 0.6) is 46.0 Å². The summed E-state index contributed by atoms with van der Waals surface area (Å²) in [5, 5.41) is 14.7. The van der Waals surface area contributed by atoms with Crippen LogP contribution >= 0.6 is 0 Å². The van der Waals surface area contributed by atoms with Crippen LogP contribution in [0, 0.1) is 0 Å². The highest BCUT2D eigenvalue weighted by atomic mass is 16.5. The van der Waals surface area contributed by atoms with E-state index in [4.69, 9.17) is 28.4 Å². The van der Waals surface area contributed by atoms with Gasteiger partial charge in [-0.3, -0.25) is 0 Å². The van der Waals surface area contributed by atoms with E-state index in [1.54, 1.807) is 0 Å². The molecule has 0 heterocycles. The molecule has 0 radical (unpaired) electrons.